The van der Waals surface area contributed by atoms with Crippen LogP contribution in [0.25, 0.3) is 0 Å². The maximum absolute atomic E-state index is 12.9. The molecule has 1 saturated heterocycles. The lowest BCUT2D eigenvalue weighted by Gasteiger charge is -2.34. The van der Waals surface area contributed by atoms with Crippen molar-refractivity contribution >= 4 is 24.2 Å². The molecule has 0 aliphatic carbocycles. The molecule has 0 radical (unpaired) electrons. The highest BCUT2D eigenvalue weighted by molar-refractivity contribution is 5.94. The summed E-state index contributed by atoms with van der Waals surface area (Å²) >= 11 is 0. The number of halogens is 1. The highest BCUT2D eigenvalue weighted by Crippen LogP contribution is 2.19. The van der Waals surface area contributed by atoms with Crippen LogP contribution in [0.5, 0.6) is 5.75 Å². The quantitative estimate of drug-likeness (QED) is 0.761. The summed E-state index contributed by atoms with van der Waals surface area (Å²) in [5, 5.41) is 10.5. The Bertz CT molecular complexity index is 901. The number of nitrogens with zero attached hydrogens (tertiary/aromatic N) is 3. The second kappa shape index (κ2) is 9.49. The lowest BCUT2D eigenvalue weighted by atomic mass is 10.1. The molecule has 0 saturated carbocycles. The molecule has 9 heteroatoms. The molecule has 8 nitrogen and oxygen atoms in total. The third-order valence-electron chi connectivity index (χ3n) is 5.49. The van der Waals surface area contributed by atoms with Crippen LogP contribution in [0.2, 0.25) is 0 Å². The highest BCUT2D eigenvalue weighted by Gasteiger charge is 2.29. The Morgan fingerprint density at radius 2 is 1.73 bits per heavy atom. The summed E-state index contributed by atoms with van der Waals surface area (Å²) in [6.45, 7) is 7.60. The van der Waals surface area contributed by atoms with E-state index in [-0.39, 0.29) is 30.8 Å². The van der Waals surface area contributed by atoms with E-state index in [4.69, 9.17) is 4.74 Å². The molecule has 2 aliphatic heterocycles. The van der Waals surface area contributed by atoms with Crippen molar-refractivity contribution in [3.8, 4) is 5.75 Å². The van der Waals surface area contributed by atoms with Crippen molar-refractivity contribution in [1.29, 1.82) is 0 Å². The first-order valence-corrected chi connectivity index (χ1v) is 10.1. The molecular weight excluding hydrogens is 406 g/mol. The number of piperazine rings is 1. The second-order valence-electron chi connectivity index (χ2n) is 7.74. The van der Waals surface area contributed by atoms with E-state index in [1.165, 1.54) is 0 Å². The molecule has 0 atom stereocenters. The van der Waals surface area contributed by atoms with Gasteiger partial charge in [-0.2, -0.15) is 5.10 Å². The molecule has 3 heterocycles. The van der Waals surface area contributed by atoms with Gasteiger partial charge in [-0.25, -0.2) is 0 Å². The van der Waals surface area contributed by atoms with E-state index in [2.05, 4.69) is 21.6 Å². The van der Waals surface area contributed by atoms with Crippen molar-refractivity contribution in [2.45, 2.75) is 26.8 Å². The number of carbonyl (C=O) groups excluding carboxylic acids is 2. The largest absolute Gasteiger partial charge is 0.484 e. The van der Waals surface area contributed by atoms with Crippen LogP contribution in [0.4, 0.5) is 0 Å². The highest BCUT2D eigenvalue weighted by atomic mass is 35.5. The fourth-order valence-electron chi connectivity index (χ4n) is 3.96. The van der Waals surface area contributed by atoms with Gasteiger partial charge in [-0.05, 0) is 37.1 Å². The van der Waals surface area contributed by atoms with Gasteiger partial charge in [0.25, 0.3) is 11.8 Å². The normalized spacial score (nSPS) is 15.9. The molecule has 1 fully saturated rings. The number of amides is 2. The standard InChI is InChI=1S/C21H27N5O3.ClH/c1-14-9-15(2)11-16(10-14)29-13-19(27)25-5-7-26(8-6-25)21(28)20-17-12-22-4-3-18(17)23-24-20;/h9-11,22H,3-8,12-13H2,1-2H3,(H,23,24);1H. The monoisotopic (exact) mass is 433 g/mol. The van der Waals surface area contributed by atoms with Crippen LogP contribution in [0.1, 0.15) is 32.9 Å². The Morgan fingerprint density at radius 1 is 1.07 bits per heavy atom. The van der Waals surface area contributed by atoms with Gasteiger partial charge in [-0.1, -0.05) is 6.07 Å². The van der Waals surface area contributed by atoms with Crippen LogP contribution in [0.15, 0.2) is 18.2 Å². The molecule has 2 aromatic rings. The van der Waals surface area contributed by atoms with Gasteiger partial charge in [-0.15, -0.1) is 12.4 Å². The zero-order valence-electron chi connectivity index (χ0n) is 17.4. The van der Waals surface area contributed by atoms with Crippen LogP contribution in [-0.2, 0) is 17.8 Å². The average Bonchev–Trinajstić information content (AvgIpc) is 3.15. The number of rotatable bonds is 4. The number of aromatic amines is 1. The molecule has 2 amide bonds. The number of fused-ring (bicyclic) bond motifs is 1. The topological polar surface area (TPSA) is 90.6 Å². The molecule has 2 aliphatic rings. The summed E-state index contributed by atoms with van der Waals surface area (Å²) in [5.41, 5.74) is 4.74. The van der Waals surface area contributed by atoms with E-state index < -0.39 is 0 Å². The number of hydrogen-bond donors (Lipinski definition) is 2. The number of aromatic nitrogens is 2. The summed E-state index contributed by atoms with van der Waals surface area (Å²) < 4.78 is 5.69. The summed E-state index contributed by atoms with van der Waals surface area (Å²) in [4.78, 5) is 28.9. The van der Waals surface area contributed by atoms with Gasteiger partial charge in [-0.3, -0.25) is 14.7 Å². The van der Waals surface area contributed by atoms with Crippen molar-refractivity contribution in [1.82, 2.24) is 25.3 Å². The number of hydrogen-bond acceptors (Lipinski definition) is 5. The lowest BCUT2D eigenvalue weighted by Crippen LogP contribution is -2.51. The zero-order chi connectivity index (χ0) is 20.4. The summed E-state index contributed by atoms with van der Waals surface area (Å²) in [5.74, 6) is 0.587. The molecular formula is C21H28ClN5O3. The van der Waals surface area contributed by atoms with E-state index >= 15 is 0 Å². The summed E-state index contributed by atoms with van der Waals surface area (Å²) in [7, 11) is 0. The van der Waals surface area contributed by atoms with Crippen molar-refractivity contribution < 1.29 is 14.3 Å². The molecule has 1 aromatic heterocycles. The SMILES string of the molecule is Cc1cc(C)cc(OCC(=O)N2CCN(C(=O)c3n[nH]c4c3CNCC4)CC2)c1.Cl. The van der Waals surface area contributed by atoms with E-state index in [1.807, 2.05) is 26.0 Å². The van der Waals surface area contributed by atoms with Crippen molar-refractivity contribution in [3.05, 3.63) is 46.3 Å². The first-order valence-electron chi connectivity index (χ1n) is 10.1. The van der Waals surface area contributed by atoms with Crippen LogP contribution < -0.4 is 10.1 Å². The Hall–Kier alpha value is -2.58. The smallest absolute Gasteiger partial charge is 0.274 e. The molecule has 0 unspecified atom stereocenters. The zero-order valence-corrected chi connectivity index (χ0v) is 18.2. The van der Waals surface area contributed by atoms with Gasteiger partial charge < -0.3 is 19.9 Å². The maximum atomic E-state index is 12.9. The van der Waals surface area contributed by atoms with Crippen LogP contribution in [-0.4, -0.2) is 71.1 Å². The fraction of sp³-hybridized carbons (Fsp3) is 0.476. The third kappa shape index (κ3) is 4.76. The minimum Gasteiger partial charge on any atom is -0.484 e. The van der Waals surface area contributed by atoms with Crippen LogP contribution in [0, 0.1) is 13.8 Å². The van der Waals surface area contributed by atoms with Crippen molar-refractivity contribution in [3.63, 3.8) is 0 Å². The Labute approximate surface area is 182 Å². The third-order valence-corrected chi connectivity index (χ3v) is 5.49. The Morgan fingerprint density at radius 3 is 2.43 bits per heavy atom. The van der Waals surface area contributed by atoms with Crippen molar-refractivity contribution in [2.24, 2.45) is 0 Å². The lowest BCUT2D eigenvalue weighted by molar-refractivity contribution is -0.134. The number of ether oxygens (including phenoxy) is 1. The number of nitrogens with one attached hydrogen (secondary N) is 2. The minimum absolute atomic E-state index is 0. The summed E-state index contributed by atoms with van der Waals surface area (Å²) in [6, 6.07) is 5.92. The van der Waals surface area contributed by atoms with Crippen molar-refractivity contribution in [2.75, 3.05) is 39.3 Å². The molecule has 30 heavy (non-hydrogen) atoms. The van der Waals surface area contributed by atoms with Gasteiger partial charge in [0.2, 0.25) is 0 Å². The molecule has 4 rings (SSSR count). The molecule has 2 N–H and O–H groups in total. The van der Waals surface area contributed by atoms with E-state index in [0.29, 0.717) is 44.2 Å². The first-order chi connectivity index (χ1) is 14.0. The maximum Gasteiger partial charge on any atom is 0.274 e. The van der Waals surface area contributed by atoms with Crippen LogP contribution >= 0.6 is 12.4 Å². The second-order valence-corrected chi connectivity index (χ2v) is 7.74. The van der Waals surface area contributed by atoms with E-state index in [1.54, 1.807) is 9.80 Å². The molecule has 0 bridgehead atoms. The minimum atomic E-state index is -0.0650. The van der Waals surface area contributed by atoms with Crippen LogP contribution in [0.3, 0.4) is 0 Å². The van der Waals surface area contributed by atoms with Gasteiger partial charge in [0.15, 0.2) is 12.3 Å². The van der Waals surface area contributed by atoms with Gasteiger partial charge in [0.1, 0.15) is 5.75 Å². The number of aryl methyl sites for hydroxylation is 2. The number of benzene rings is 1. The van der Waals surface area contributed by atoms with Gasteiger partial charge in [0, 0.05) is 56.9 Å². The predicted octanol–water partition coefficient (Wildman–Crippen LogP) is 1.46. The fourth-order valence-corrected chi connectivity index (χ4v) is 3.96. The Balaban J connectivity index is 0.00000256. The average molecular weight is 434 g/mol. The summed E-state index contributed by atoms with van der Waals surface area (Å²) in [6.07, 6.45) is 0.859. The predicted molar refractivity (Wildman–Crippen MR) is 115 cm³/mol. The molecule has 1 aromatic carbocycles. The first kappa shape index (κ1) is 22.1. The number of H-pyrrole nitrogens is 1. The van der Waals surface area contributed by atoms with E-state index in [9.17, 15) is 9.59 Å². The Kier molecular flexibility index (Phi) is 6.99. The van der Waals surface area contributed by atoms with Gasteiger partial charge in [0.05, 0.1) is 0 Å². The molecule has 0 spiro atoms. The number of carbonyl (C=O) groups is 2. The van der Waals surface area contributed by atoms with E-state index in [0.717, 1.165) is 35.3 Å². The van der Waals surface area contributed by atoms with Gasteiger partial charge >= 0.3 is 0 Å². The molecule has 162 valence electrons.